The number of hydrogen-bond donors (Lipinski definition) is 5. The Morgan fingerprint density at radius 1 is 1.00 bits per heavy atom. The molecule has 0 aliphatic carbocycles. The molecular formula is C6H16O7P2. The lowest BCUT2D eigenvalue weighted by Gasteiger charge is -2.20. The summed E-state index contributed by atoms with van der Waals surface area (Å²) >= 11 is 0. The van der Waals surface area contributed by atoms with Gasteiger partial charge in [0.25, 0.3) is 0 Å². The standard InChI is InChI=1S/C6H16O7P2/c1-5(4-7)2-3-6(14(8,9)10)15(11,12)13/h5-7H,2-4H2,1H3,(H2,8,9,10)(H2,11,12,13)/t5-/m0/s1. The molecule has 0 rings (SSSR count). The topological polar surface area (TPSA) is 135 Å². The van der Waals surface area contributed by atoms with Gasteiger partial charge in [-0.05, 0) is 18.8 Å². The predicted molar refractivity (Wildman–Crippen MR) is 53.4 cm³/mol. The third kappa shape index (κ3) is 5.78. The Hall–Kier alpha value is 0.260. The highest BCUT2D eigenvalue weighted by molar-refractivity contribution is 7.70. The Morgan fingerprint density at radius 3 is 1.67 bits per heavy atom. The van der Waals surface area contributed by atoms with Crippen molar-refractivity contribution in [1.29, 1.82) is 0 Å². The summed E-state index contributed by atoms with van der Waals surface area (Å²) in [5.74, 6) is -0.245. The van der Waals surface area contributed by atoms with E-state index >= 15 is 0 Å². The summed E-state index contributed by atoms with van der Waals surface area (Å²) in [5, 5.41) is 6.71. The molecule has 0 radical (unpaired) electrons. The Kier molecular flexibility index (Phi) is 5.64. The fourth-order valence-corrected chi connectivity index (χ4v) is 3.60. The first-order valence-corrected chi connectivity index (χ1v) is 7.66. The van der Waals surface area contributed by atoms with Crippen molar-refractivity contribution >= 4 is 15.2 Å². The van der Waals surface area contributed by atoms with Crippen molar-refractivity contribution in [3.63, 3.8) is 0 Å². The molecule has 0 aliphatic heterocycles. The molecule has 0 bridgehead atoms. The average Bonchev–Trinajstić information content (AvgIpc) is 1.99. The van der Waals surface area contributed by atoms with E-state index in [2.05, 4.69) is 0 Å². The summed E-state index contributed by atoms with van der Waals surface area (Å²) in [6.45, 7) is 1.44. The average molecular weight is 262 g/mol. The van der Waals surface area contributed by atoms with Crippen LogP contribution in [0.25, 0.3) is 0 Å². The zero-order valence-corrected chi connectivity index (χ0v) is 10.0. The lowest BCUT2D eigenvalue weighted by molar-refractivity contribution is 0.226. The minimum atomic E-state index is -4.81. The van der Waals surface area contributed by atoms with Crippen LogP contribution in [0.3, 0.4) is 0 Å². The summed E-state index contributed by atoms with van der Waals surface area (Å²) in [6.07, 6.45) is -0.159. The maximum atomic E-state index is 10.8. The Morgan fingerprint density at radius 2 is 1.40 bits per heavy atom. The molecule has 0 aliphatic rings. The Balaban J connectivity index is 4.57. The molecule has 0 aromatic heterocycles. The van der Waals surface area contributed by atoms with Crippen LogP contribution in [-0.2, 0) is 9.13 Å². The number of aliphatic hydroxyl groups is 1. The summed E-state index contributed by atoms with van der Waals surface area (Å²) in [5.41, 5.74) is 0. The van der Waals surface area contributed by atoms with E-state index in [4.69, 9.17) is 24.7 Å². The molecule has 1 atom stereocenters. The van der Waals surface area contributed by atoms with Crippen LogP contribution in [0.4, 0.5) is 0 Å². The van der Waals surface area contributed by atoms with Crippen molar-refractivity contribution in [1.82, 2.24) is 0 Å². The molecular weight excluding hydrogens is 246 g/mol. The minimum Gasteiger partial charge on any atom is -0.396 e. The molecule has 0 heterocycles. The van der Waals surface area contributed by atoms with Gasteiger partial charge in [-0.15, -0.1) is 0 Å². The van der Waals surface area contributed by atoms with Crippen LogP contribution in [0.2, 0.25) is 0 Å². The van der Waals surface area contributed by atoms with Crippen molar-refractivity contribution in [2.45, 2.75) is 25.2 Å². The van der Waals surface area contributed by atoms with Gasteiger partial charge in [0, 0.05) is 6.61 Å². The van der Waals surface area contributed by atoms with E-state index in [1.165, 1.54) is 0 Å². The van der Waals surface area contributed by atoms with E-state index in [1.54, 1.807) is 6.92 Å². The van der Waals surface area contributed by atoms with Gasteiger partial charge in [-0.1, -0.05) is 6.92 Å². The van der Waals surface area contributed by atoms with Crippen molar-refractivity contribution in [3.8, 4) is 0 Å². The Bertz CT molecular complexity index is 257. The van der Waals surface area contributed by atoms with Crippen LogP contribution in [0.15, 0.2) is 0 Å². The summed E-state index contributed by atoms with van der Waals surface area (Å²) in [6, 6.07) is 0. The van der Waals surface area contributed by atoms with Crippen molar-refractivity contribution in [2.75, 3.05) is 6.61 Å². The smallest absolute Gasteiger partial charge is 0.340 e. The van der Waals surface area contributed by atoms with Crippen molar-refractivity contribution < 1.29 is 33.8 Å². The molecule has 9 heteroatoms. The molecule has 0 spiro atoms. The van der Waals surface area contributed by atoms with E-state index in [0.717, 1.165) is 0 Å². The highest BCUT2D eigenvalue weighted by atomic mass is 31.2. The molecule has 0 aromatic rings. The van der Waals surface area contributed by atoms with Gasteiger partial charge in [0.15, 0.2) is 5.40 Å². The van der Waals surface area contributed by atoms with E-state index in [1.807, 2.05) is 0 Å². The van der Waals surface area contributed by atoms with Crippen LogP contribution >= 0.6 is 15.2 Å². The van der Waals surface area contributed by atoms with Gasteiger partial charge in [0.2, 0.25) is 0 Å². The van der Waals surface area contributed by atoms with Gasteiger partial charge in [0.1, 0.15) is 0 Å². The SMILES string of the molecule is C[C@H](CO)CCC(P(=O)(O)O)P(=O)(O)O. The molecule has 0 saturated heterocycles. The zero-order valence-electron chi connectivity index (χ0n) is 8.22. The lowest BCUT2D eigenvalue weighted by atomic mass is 10.1. The molecule has 7 nitrogen and oxygen atoms in total. The minimum absolute atomic E-state index is 0.150. The van der Waals surface area contributed by atoms with Gasteiger partial charge < -0.3 is 24.7 Å². The molecule has 5 N–H and O–H groups in total. The van der Waals surface area contributed by atoms with Gasteiger partial charge >= 0.3 is 15.2 Å². The van der Waals surface area contributed by atoms with Crippen LogP contribution in [0.5, 0.6) is 0 Å². The fourth-order valence-electron chi connectivity index (χ4n) is 1.06. The van der Waals surface area contributed by atoms with E-state index < -0.39 is 20.6 Å². The van der Waals surface area contributed by atoms with E-state index in [9.17, 15) is 9.13 Å². The van der Waals surface area contributed by atoms with E-state index in [-0.39, 0.29) is 25.4 Å². The van der Waals surface area contributed by atoms with Gasteiger partial charge in [-0.25, -0.2) is 0 Å². The van der Waals surface area contributed by atoms with Crippen LogP contribution in [0, 0.1) is 5.92 Å². The quantitative estimate of drug-likeness (QED) is 0.427. The van der Waals surface area contributed by atoms with Gasteiger partial charge in [-0.2, -0.15) is 0 Å². The second-order valence-electron chi connectivity index (χ2n) is 3.52. The maximum Gasteiger partial charge on any atom is 0.340 e. The highest BCUT2D eigenvalue weighted by Crippen LogP contribution is 2.61. The maximum absolute atomic E-state index is 10.8. The molecule has 92 valence electrons. The predicted octanol–water partition coefficient (Wildman–Crippen LogP) is 0.0765. The van der Waals surface area contributed by atoms with Gasteiger partial charge in [-0.3, -0.25) is 9.13 Å². The first-order valence-electron chi connectivity index (χ1n) is 4.30. The Labute approximate surface area is 87.5 Å². The largest absolute Gasteiger partial charge is 0.396 e. The van der Waals surface area contributed by atoms with Crippen LogP contribution < -0.4 is 0 Å². The van der Waals surface area contributed by atoms with Crippen molar-refractivity contribution in [2.24, 2.45) is 5.92 Å². The summed E-state index contributed by atoms with van der Waals surface area (Å²) in [7, 11) is -9.62. The molecule has 0 fully saturated rings. The molecule has 15 heavy (non-hydrogen) atoms. The number of hydrogen-bond acceptors (Lipinski definition) is 3. The third-order valence-corrected chi connectivity index (χ3v) is 5.88. The second kappa shape index (κ2) is 5.55. The second-order valence-corrected chi connectivity index (χ2v) is 7.53. The van der Waals surface area contributed by atoms with Crippen LogP contribution in [-0.4, -0.2) is 36.7 Å². The zero-order chi connectivity index (χ0) is 12.3. The number of aliphatic hydroxyl groups excluding tert-OH is 1. The van der Waals surface area contributed by atoms with Crippen LogP contribution in [0.1, 0.15) is 19.8 Å². The fraction of sp³-hybridized carbons (Fsp3) is 1.00. The molecule has 0 amide bonds. The van der Waals surface area contributed by atoms with Crippen molar-refractivity contribution in [3.05, 3.63) is 0 Å². The number of rotatable bonds is 6. The monoisotopic (exact) mass is 262 g/mol. The normalized spacial score (nSPS) is 15.7. The summed E-state index contributed by atoms with van der Waals surface area (Å²) in [4.78, 5) is 35.0. The molecule has 0 unspecified atom stereocenters. The highest BCUT2D eigenvalue weighted by Gasteiger charge is 2.42. The summed E-state index contributed by atoms with van der Waals surface area (Å²) < 4.78 is 21.6. The first kappa shape index (κ1) is 15.3. The third-order valence-electron chi connectivity index (χ3n) is 2.01. The molecule has 0 saturated carbocycles. The van der Waals surface area contributed by atoms with Gasteiger partial charge in [0.05, 0.1) is 0 Å². The lowest BCUT2D eigenvalue weighted by Crippen LogP contribution is -2.12. The first-order chi connectivity index (χ1) is 6.59. The molecule has 0 aromatic carbocycles. The van der Waals surface area contributed by atoms with E-state index in [0.29, 0.717) is 0 Å².